The summed E-state index contributed by atoms with van der Waals surface area (Å²) in [5.74, 6) is 1.29. The number of allylic oxidation sites excluding steroid dienone is 1. The zero-order valence-electron chi connectivity index (χ0n) is 14.0. The monoisotopic (exact) mass is 361 g/mol. The summed E-state index contributed by atoms with van der Waals surface area (Å²) in [5.41, 5.74) is 0. The van der Waals surface area contributed by atoms with E-state index in [4.69, 9.17) is 0 Å². The molecule has 0 N–H and O–H groups in total. The van der Waals surface area contributed by atoms with Crippen LogP contribution >= 0.6 is 11.8 Å². The first-order valence-corrected chi connectivity index (χ1v) is 9.84. The number of carbonyl (C=O) groups excluding carboxylic acids is 1. The van der Waals surface area contributed by atoms with Gasteiger partial charge in [-0.05, 0) is 56.8 Å². The Morgan fingerprint density at radius 3 is 2.79 bits per heavy atom. The van der Waals surface area contributed by atoms with Crippen molar-refractivity contribution in [1.82, 2.24) is 4.90 Å². The molecule has 3 aliphatic rings. The van der Waals surface area contributed by atoms with E-state index in [-0.39, 0.29) is 11.8 Å². The van der Waals surface area contributed by atoms with Crippen molar-refractivity contribution >= 4 is 17.7 Å². The molecule has 1 aliphatic carbocycles. The average Bonchev–Trinajstić information content (AvgIpc) is 3.15. The molecule has 4 atom stereocenters. The third-order valence-electron chi connectivity index (χ3n) is 5.00. The third-order valence-corrected chi connectivity index (χ3v) is 6.38. The van der Waals surface area contributed by atoms with Crippen LogP contribution in [0.2, 0.25) is 0 Å². The molecule has 4 nitrogen and oxygen atoms in total. The van der Waals surface area contributed by atoms with Gasteiger partial charge < -0.3 is 4.90 Å². The zero-order chi connectivity index (χ0) is 17.2. The molecule has 136 valence electrons. The fraction of sp³-hybridized carbons (Fsp3) is 0.824. The number of fused-ring (bicyclic) bond motifs is 1. The van der Waals surface area contributed by atoms with Crippen molar-refractivity contribution in [2.24, 2.45) is 5.92 Å². The van der Waals surface area contributed by atoms with E-state index in [0.717, 1.165) is 13.0 Å². The highest BCUT2D eigenvalue weighted by Gasteiger charge is 2.51. The number of ether oxygens (including phenoxy) is 2. The topological polar surface area (TPSA) is 38.8 Å². The second-order valence-electron chi connectivity index (χ2n) is 6.72. The molecule has 0 aromatic carbocycles. The number of hydrogen-bond donors (Lipinski definition) is 0. The number of rotatable bonds is 5. The van der Waals surface area contributed by atoms with E-state index in [1.54, 1.807) is 6.08 Å². The molecule has 1 saturated carbocycles. The minimum absolute atomic E-state index is 0.0149. The van der Waals surface area contributed by atoms with Crippen molar-refractivity contribution in [2.45, 2.75) is 62.8 Å². The number of carbonyl (C=O) groups is 1. The second kappa shape index (κ2) is 7.70. The summed E-state index contributed by atoms with van der Waals surface area (Å²) in [7, 11) is 0. The molecule has 7 heteroatoms. The Balaban J connectivity index is 1.50. The Morgan fingerprint density at radius 1 is 1.29 bits per heavy atom. The summed E-state index contributed by atoms with van der Waals surface area (Å²) in [5, 5.41) is 0.545. The highest BCUT2D eigenvalue weighted by molar-refractivity contribution is 8.00. The van der Waals surface area contributed by atoms with E-state index in [0.29, 0.717) is 24.6 Å². The fourth-order valence-corrected chi connectivity index (χ4v) is 4.96. The van der Waals surface area contributed by atoms with Gasteiger partial charge in [-0.2, -0.15) is 11.8 Å². The first kappa shape index (κ1) is 18.1. The van der Waals surface area contributed by atoms with Gasteiger partial charge in [0, 0.05) is 18.3 Å². The van der Waals surface area contributed by atoms with Gasteiger partial charge in [0.1, 0.15) is 0 Å². The molecule has 4 unspecified atom stereocenters. The molecule has 0 spiro atoms. The standard InChI is InChI=1S/C17H25F2NO3S/c1-2-20(11-13-4-3-9-24-13)16(21)8-6-12-5-7-14-15(10-12)23-17(18,19)22-14/h6,8,12-15H,2-5,7,9-11H2,1H3/b8-6+. The lowest BCUT2D eigenvalue weighted by molar-refractivity contribution is -0.351. The molecular weight excluding hydrogens is 336 g/mol. The van der Waals surface area contributed by atoms with Crippen molar-refractivity contribution < 1.29 is 23.0 Å². The minimum atomic E-state index is -3.46. The molecule has 0 bridgehead atoms. The Kier molecular flexibility index (Phi) is 5.82. The summed E-state index contributed by atoms with van der Waals surface area (Å²) in [4.78, 5) is 14.3. The number of halogens is 2. The first-order chi connectivity index (χ1) is 11.5. The molecule has 3 fully saturated rings. The van der Waals surface area contributed by atoms with Gasteiger partial charge in [0.25, 0.3) is 0 Å². The number of thioether (sulfide) groups is 1. The van der Waals surface area contributed by atoms with Crippen molar-refractivity contribution in [3.05, 3.63) is 12.2 Å². The van der Waals surface area contributed by atoms with Crippen molar-refractivity contribution in [2.75, 3.05) is 18.8 Å². The number of alkyl halides is 2. The smallest absolute Gasteiger partial charge is 0.338 e. The lowest BCUT2D eigenvalue weighted by Gasteiger charge is -2.27. The Labute approximate surface area is 145 Å². The predicted octanol–water partition coefficient (Wildman–Crippen LogP) is 3.42. The van der Waals surface area contributed by atoms with Gasteiger partial charge in [-0.3, -0.25) is 14.3 Å². The van der Waals surface area contributed by atoms with Crippen LogP contribution in [0.4, 0.5) is 8.78 Å². The zero-order valence-corrected chi connectivity index (χ0v) is 14.8. The Morgan fingerprint density at radius 2 is 2.08 bits per heavy atom. The average molecular weight is 361 g/mol. The van der Waals surface area contributed by atoms with E-state index >= 15 is 0 Å². The van der Waals surface area contributed by atoms with Crippen molar-refractivity contribution in [3.8, 4) is 0 Å². The van der Waals surface area contributed by atoms with Crippen LogP contribution in [0.3, 0.4) is 0 Å². The fourth-order valence-electron chi connectivity index (χ4n) is 3.68. The van der Waals surface area contributed by atoms with Crippen molar-refractivity contribution in [1.29, 1.82) is 0 Å². The largest absolute Gasteiger partial charge is 0.486 e. The number of amides is 1. The summed E-state index contributed by atoms with van der Waals surface area (Å²) < 4.78 is 35.5. The minimum Gasteiger partial charge on any atom is -0.338 e. The normalized spacial score (nSPS) is 35.3. The van der Waals surface area contributed by atoms with E-state index in [1.807, 2.05) is 29.7 Å². The van der Waals surface area contributed by atoms with Crippen LogP contribution in [0, 0.1) is 5.92 Å². The molecule has 24 heavy (non-hydrogen) atoms. The SMILES string of the molecule is CCN(CC1CCCS1)C(=O)/C=C/C1CCC2OC(F)(F)OC2C1. The van der Waals surface area contributed by atoms with Gasteiger partial charge in [0.05, 0.1) is 12.2 Å². The van der Waals surface area contributed by atoms with E-state index in [1.165, 1.54) is 18.6 Å². The third kappa shape index (κ3) is 4.49. The summed E-state index contributed by atoms with van der Waals surface area (Å²) in [6, 6.07) is 0. The van der Waals surface area contributed by atoms with Crippen LogP contribution in [-0.4, -0.2) is 53.4 Å². The molecule has 0 aromatic rings. The van der Waals surface area contributed by atoms with Gasteiger partial charge in [-0.25, -0.2) is 0 Å². The molecule has 1 amide bonds. The van der Waals surface area contributed by atoms with Crippen LogP contribution in [-0.2, 0) is 14.3 Å². The van der Waals surface area contributed by atoms with E-state index in [9.17, 15) is 13.6 Å². The summed E-state index contributed by atoms with van der Waals surface area (Å²) in [6.07, 6.45) is 3.10. The number of likely N-dealkylation sites (N-methyl/N-ethyl adjacent to an activating group) is 1. The predicted molar refractivity (Wildman–Crippen MR) is 88.9 cm³/mol. The second-order valence-corrected chi connectivity index (χ2v) is 8.13. The molecule has 2 aliphatic heterocycles. The number of hydrogen-bond acceptors (Lipinski definition) is 4. The summed E-state index contributed by atoms with van der Waals surface area (Å²) in [6.45, 7) is 3.48. The Hall–Kier alpha value is -0.660. The molecule has 0 aromatic heterocycles. The van der Waals surface area contributed by atoms with E-state index < -0.39 is 18.5 Å². The quantitative estimate of drug-likeness (QED) is 0.704. The lowest BCUT2D eigenvalue weighted by atomic mass is 9.85. The van der Waals surface area contributed by atoms with Crippen LogP contribution in [0.1, 0.15) is 39.0 Å². The summed E-state index contributed by atoms with van der Waals surface area (Å²) >= 11 is 1.94. The van der Waals surface area contributed by atoms with Crippen LogP contribution < -0.4 is 0 Å². The highest BCUT2D eigenvalue weighted by atomic mass is 32.2. The Bertz CT molecular complexity index is 482. The van der Waals surface area contributed by atoms with Gasteiger partial charge in [-0.15, -0.1) is 8.78 Å². The number of nitrogens with zero attached hydrogens (tertiary/aromatic N) is 1. The maximum atomic E-state index is 13.1. The highest BCUT2D eigenvalue weighted by Crippen LogP contribution is 2.40. The van der Waals surface area contributed by atoms with Crippen LogP contribution in [0.5, 0.6) is 0 Å². The van der Waals surface area contributed by atoms with Gasteiger partial charge >= 0.3 is 6.29 Å². The van der Waals surface area contributed by atoms with Gasteiger partial charge in [-0.1, -0.05) is 6.08 Å². The van der Waals surface area contributed by atoms with Crippen LogP contribution in [0.25, 0.3) is 0 Å². The first-order valence-electron chi connectivity index (χ1n) is 8.79. The molecule has 2 heterocycles. The van der Waals surface area contributed by atoms with Gasteiger partial charge in [0.2, 0.25) is 5.91 Å². The molecule has 2 saturated heterocycles. The molecule has 3 rings (SSSR count). The van der Waals surface area contributed by atoms with Crippen molar-refractivity contribution in [3.63, 3.8) is 0 Å². The van der Waals surface area contributed by atoms with Crippen LogP contribution in [0.15, 0.2) is 12.2 Å². The molecular formula is C17H25F2NO3S. The maximum Gasteiger partial charge on any atom is 0.486 e. The van der Waals surface area contributed by atoms with Gasteiger partial charge in [0.15, 0.2) is 0 Å². The molecule has 0 radical (unpaired) electrons. The van der Waals surface area contributed by atoms with E-state index in [2.05, 4.69) is 9.47 Å². The maximum absolute atomic E-state index is 13.1. The lowest BCUT2D eigenvalue weighted by Crippen LogP contribution is -2.35.